The van der Waals surface area contributed by atoms with Crippen LogP contribution in [-0.4, -0.2) is 9.97 Å². The fourth-order valence-corrected chi connectivity index (χ4v) is 4.54. The summed E-state index contributed by atoms with van der Waals surface area (Å²) in [4.78, 5) is 7.53. The standard InChI is InChI=1S/C28H46N2/c1-3-5-6-7-8-9-10-12-16-25-19-21-27(22-20-25)26(15-4-2)17-13-11-14-18-28-29-23-24-30-28/h19-24,26H,3-18H2,1-2H3,(H,29,30). The number of nitrogens with zero attached hydrogens (tertiary/aromatic N) is 1. The van der Waals surface area contributed by atoms with E-state index in [2.05, 4.69) is 48.1 Å². The number of nitrogens with one attached hydrogen (secondary N) is 1. The van der Waals surface area contributed by atoms with Crippen molar-refractivity contribution in [2.45, 2.75) is 122 Å². The van der Waals surface area contributed by atoms with E-state index in [0.29, 0.717) is 0 Å². The van der Waals surface area contributed by atoms with Crippen LogP contribution in [0.15, 0.2) is 36.7 Å². The fourth-order valence-electron chi connectivity index (χ4n) is 4.54. The first-order chi connectivity index (χ1) is 14.8. The number of aryl methyl sites for hydroxylation is 2. The first-order valence-electron chi connectivity index (χ1n) is 12.9. The van der Waals surface area contributed by atoms with Gasteiger partial charge >= 0.3 is 0 Å². The van der Waals surface area contributed by atoms with Gasteiger partial charge in [-0.2, -0.15) is 0 Å². The molecule has 0 aliphatic carbocycles. The Morgan fingerprint density at radius 3 is 2.03 bits per heavy atom. The van der Waals surface area contributed by atoms with E-state index in [1.54, 1.807) is 5.56 Å². The molecule has 1 heterocycles. The molecule has 1 aromatic carbocycles. The SMILES string of the molecule is CCCCCCCCCCc1ccc(C(CCC)CCCCCc2ncc[nH]2)cc1. The van der Waals surface area contributed by atoms with E-state index in [4.69, 9.17) is 0 Å². The number of hydrogen-bond acceptors (Lipinski definition) is 1. The fraction of sp³-hybridized carbons (Fsp3) is 0.679. The van der Waals surface area contributed by atoms with E-state index >= 15 is 0 Å². The molecular weight excluding hydrogens is 364 g/mol. The summed E-state index contributed by atoms with van der Waals surface area (Å²) in [5, 5.41) is 0. The average Bonchev–Trinajstić information content (AvgIpc) is 3.29. The summed E-state index contributed by atoms with van der Waals surface area (Å²) >= 11 is 0. The normalized spacial score (nSPS) is 12.3. The quantitative estimate of drug-likeness (QED) is 0.244. The van der Waals surface area contributed by atoms with Gasteiger partial charge < -0.3 is 4.98 Å². The van der Waals surface area contributed by atoms with E-state index in [9.17, 15) is 0 Å². The predicted molar refractivity (Wildman–Crippen MR) is 131 cm³/mol. The third-order valence-electron chi connectivity index (χ3n) is 6.43. The molecule has 0 aliphatic rings. The van der Waals surface area contributed by atoms with Gasteiger partial charge in [-0.3, -0.25) is 0 Å². The summed E-state index contributed by atoms with van der Waals surface area (Å²) in [7, 11) is 0. The van der Waals surface area contributed by atoms with Gasteiger partial charge in [0.15, 0.2) is 0 Å². The van der Waals surface area contributed by atoms with Crippen molar-refractivity contribution in [2.75, 3.05) is 0 Å². The number of aromatic amines is 1. The lowest BCUT2D eigenvalue weighted by molar-refractivity contribution is 0.521. The second kappa shape index (κ2) is 16.2. The third kappa shape index (κ3) is 10.5. The highest BCUT2D eigenvalue weighted by Crippen LogP contribution is 2.28. The molecule has 0 bridgehead atoms. The summed E-state index contributed by atoms with van der Waals surface area (Å²) in [5.41, 5.74) is 3.08. The van der Waals surface area contributed by atoms with Gasteiger partial charge in [0, 0.05) is 18.8 Å². The zero-order valence-corrected chi connectivity index (χ0v) is 19.8. The van der Waals surface area contributed by atoms with E-state index in [1.165, 1.54) is 102 Å². The molecule has 1 aromatic heterocycles. The van der Waals surface area contributed by atoms with Crippen LogP contribution < -0.4 is 0 Å². The van der Waals surface area contributed by atoms with Crippen molar-refractivity contribution in [2.24, 2.45) is 0 Å². The Bertz CT molecular complexity index is 615. The topological polar surface area (TPSA) is 28.7 Å². The summed E-state index contributed by atoms with van der Waals surface area (Å²) in [6.07, 6.45) is 25.1. The maximum atomic E-state index is 4.33. The Labute approximate surface area is 186 Å². The molecule has 2 aromatic rings. The highest BCUT2D eigenvalue weighted by molar-refractivity contribution is 5.25. The zero-order chi connectivity index (χ0) is 21.3. The van der Waals surface area contributed by atoms with Crippen LogP contribution >= 0.6 is 0 Å². The molecule has 1 atom stereocenters. The predicted octanol–water partition coefficient (Wildman–Crippen LogP) is 8.78. The maximum absolute atomic E-state index is 4.33. The highest BCUT2D eigenvalue weighted by atomic mass is 14.9. The summed E-state index contributed by atoms with van der Waals surface area (Å²) in [6.45, 7) is 4.61. The van der Waals surface area contributed by atoms with E-state index in [1.807, 2.05) is 12.4 Å². The second-order valence-electron chi connectivity index (χ2n) is 9.09. The van der Waals surface area contributed by atoms with Crippen molar-refractivity contribution < 1.29 is 0 Å². The lowest BCUT2D eigenvalue weighted by Crippen LogP contribution is -2.00. The Morgan fingerprint density at radius 2 is 1.37 bits per heavy atom. The van der Waals surface area contributed by atoms with Crippen LogP contribution in [0.25, 0.3) is 0 Å². The van der Waals surface area contributed by atoms with E-state index in [0.717, 1.165) is 18.2 Å². The largest absolute Gasteiger partial charge is 0.349 e. The van der Waals surface area contributed by atoms with Crippen molar-refractivity contribution >= 4 is 0 Å². The zero-order valence-electron chi connectivity index (χ0n) is 19.8. The molecule has 1 N–H and O–H groups in total. The van der Waals surface area contributed by atoms with Crippen molar-refractivity contribution in [3.63, 3.8) is 0 Å². The van der Waals surface area contributed by atoms with Gasteiger partial charge in [0.25, 0.3) is 0 Å². The smallest absolute Gasteiger partial charge is 0.105 e. The first kappa shape index (κ1) is 24.7. The molecule has 30 heavy (non-hydrogen) atoms. The van der Waals surface area contributed by atoms with Crippen LogP contribution in [0.4, 0.5) is 0 Å². The summed E-state index contributed by atoms with van der Waals surface area (Å²) in [5.74, 6) is 1.86. The van der Waals surface area contributed by atoms with Gasteiger partial charge in [-0.05, 0) is 49.1 Å². The minimum atomic E-state index is 0.732. The maximum Gasteiger partial charge on any atom is 0.105 e. The molecule has 0 radical (unpaired) electrons. The minimum Gasteiger partial charge on any atom is -0.349 e. The molecule has 1 unspecified atom stereocenters. The van der Waals surface area contributed by atoms with E-state index < -0.39 is 0 Å². The molecule has 0 saturated heterocycles. The third-order valence-corrected chi connectivity index (χ3v) is 6.43. The van der Waals surface area contributed by atoms with Crippen LogP contribution in [-0.2, 0) is 12.8 Å². The molecule has 168 valence electrons. The van der Waals surface area contributed by atoms with Crippen LogP contribution in [0.3, 0.4) is 0 Å². The molecule has 0 spiro atoms. The lowest BCUT2D eigenvalue weighted by atomic mass is 9.88. The van der Waals surface area contributed by atoms with Gasteiger partial charge in [0.05, 0.1) is 0 Å². The van der Waals surface area contributed by atoms with Gasteiger partial charge in [0.2, 0.25) is 0 Å². The van der Waals surface area contributed by atoms with Crippen LogP contribution in [0.2, 0.25) is 0 Å². The van der Waals surface area contributed by atoms with Gasteiger partial charge in [-0.1, -0.05) is 102 Å². The van der Waals surface area contributed by atoms with Crippen LogP contribution in [0, 0.1) is 0 Å². The molecule has 2 rings (SSSR count). The number of hydrogen-bond donors (Lipinski definition) is 1. The van der Waals surface area contributed by atoms with E-state index in [-0.39, 0.29) is 0 Å². The molecule has 2 heteroatoms. The molecule has 0 aliphatic heterocycles. The number of H-pyrrole nitrogens is 1. The van der Waals surface area contributed by atoms with Crippen LogP contribution in [0.1, 0.15) is 127 Å². The monoisotopic (exact) mass is 410 g/mol. The van der Waals surface area contributed by atoms with Crippen molar-refractivity contribution in [1.82, 2.24) is 9.97 Å². The number of benzene rings is 1. The molecule has 0 amide bonds. The van der Waals surface area contributed by atoms with Crippen molar-refractivity contribution in [1.29, 1.82) is 0 Å². The lowest BCUT2D eigenvalue weighted by Gasteiger charge is -2.17. The number of rotatable bonds is 18. The summed E-state index contributed by atoms with van der Waals surface area (Å²) < 4.78 is 0. The van der Waals surface area contributed by atoms with Gasteiger partial charge in [0.1, 0.15) is 5.82 Å². The number of imidazole rings is 1. The Kier molecular flexibility index (Phi) is 13.3. The van der Waals surface area contributed by atoms with Crippen molar-refractivity contribution in [3.05, 3.63) is 53.6 Å². The summed E-state index contributed by atoms with van der Waals surface area (Å²) in [6, 6.07) is 9.64. The van der Waals surface area contributed by atoms with Gasteiger partial charge in [-0.25, -0.2) is 4.98 Å². The van der Waals surface area contributed by atoms with Crippen LogP contribution in [0.5, 0.6) is 0 Å². The number of aromatic nitrogens is 2. The first-order valence-corrected chi connectivity index (χ1v) is 12.9. The Balaban J connectivity index is 1.63. The highest BCUT2D eigenvalue weighted by Gasteiger charge is 2.10. The second-order valence-corrected chi connectivity index (χ2v) is 9.09. The van der Waals surface area contributed by atoms with Crippen molar-refractivity contribution in [3.8, 4) is 0 Å². The minimum absolute atomic E-state index is 0.732. The number of unbranched alkanes of at least 4 members (excludes halogenated alkanes) is 9. The average molecular weight is 411 g/mol. The molecule has 0 fully saturated rings. The Morgan fingerprint density at radius 1 is 0.700 bits per heavy atom. The Hall–Kier alpha value is -1.57. The van der Waals surface area contributed by atoms with Gasteiger partial charge in [-0.15, -0.1) is 0 Å². The molecule has 0 saturated carbocycles. The molecular formula is C28H46N2. The molecule has 2 nitrogen and oxygen atoms in total.